The second-order valence-electron chi connectivity index (χ2n) is 9.70. The Morgan fingerprint density at radius 3 is 2.43 bits per heavy atom. The average Bonchev–Trinajstić information content (AvgIpc) is 3.12. The van der Waals surface area contributed by atoms with E-state index >= 15 is 0 Å². The van der Waals surface area contributed by atoms with Gasteiger partial charge in [-0.1, -0.05) is 32.0 Å². The summed E-state index contributed by atoms with van der Waals surface area (Å²) >= 11 is 4.96. The molecule has 1 saturated carbocycles. The van der Waals surface area contributed by atoms with Gasteiger partial charge in [0.05, 0.1) is 0 Å². The summed E-state index contributed by atoms with van der Waals surface area (Å²) < 4.78 is 2.55. The van der Waals surface area contributed by atoms with Gasteiger partial charge in [-0.05, 0) is 80.6 Å². The van der Waals surface area contributed by atoms with Crippen LogP contribution in [-0.2, 0) is 6.42 Å². The molecule has 2 aliphatic rings. The molecule has 0 spiro atoms. The normalized spacial score (nSPS) is 23.8. The van der Waals surface area contributed by atoms with Crippen molar-refractivity contribution in [2.45, 2.75) is 70.9 Å². The van der Waals surface area contributed by atoms with Crippen LogP contribution < -0.4 is 11.1 Å². The van der Waals surface area contributed by atoms with Crippen molar-refractivity contribution in [3.63, 3.8) is 0 Å². The molecule has 0 bridgehead atoms. The number of thiocarbonyl (C=S) groups is 1. The van der Waals surface area contributed by atoms with Crippen molar-refractivity contribution in [3.05, 3.63) is 36.0 Å². The minimum absolute atomic E-state index is 0.383. The second kappa shape index (κ2) is 9.69. The maximum absolute atomic E-state index is 5.60. The predicted octanol–water partition coefficient (Wildman–Crippen LogP) is 4.87. The quantitative estimate of drug-likeness (QED) is 0.647. The van der Waals surface area contributed by atoms with Gasteiger partial charge in [-0.15, -0.1) is 0 Å². The smallest absolute Gasteiger partial charge is 0.163 e. The predicted molar refractivity (Wildman–Crippen MR) is 131 cm³/mol. The zero-order chi connectivity index (χ0) is 21.1. The molecule has 0 amide bonds. The van der Waals surface area contributed by atoms with E-state index in [1.54, 1.807) is 0 Å². The van der Waals surface area contributed by atoms with Crippen LogP contribution in [0, 0.1) is 11.8 Å². The number of fused-ring (bicyclic) bond motifs is 1. The minimum Gasteiger partial charge on any atom is -0.376 e. The van der Waals surface area contributed by atoms with Gasteiger partial charge in [0.25, 0.3) is 0 Å². The number of hydrogen-bond acceptors (Lipinski definition) is 2. The highest BCUT2D eigenvalue weighted by molar-refractivity contribution is 7.80. The zero-order valence-corrected chi connectivity index (χ0v) is 19.5. The summed E-state index contributed by atoms with van der Waals surface area (Å²) in [5.74, 6) is 1.80. The molecular weight excluding hydrogens is 388 g/mol. The van der Waals surface area contributed by atoms with Crippen LogP contribution in [0.25, 0.3) is 10.9 Å². The fourth-order valence-corrected chi connectivity index (χ4v) is 5.86. The second-order valence-corrected chi connectivity index (χ2v) is 10.1. The number of aromatic nitrogens is 1. The molecule has 2 fully saturated rings. The van der Waals surface area contributed by atoms with Crippen LogP contribution in [0.3, 0.4) is 0 Å². The first-order valence-electron chi connectivity index (χ1n) is 11.9. The highest BCUT2D eigenvalue weighted by Crippen LogP contribution is 2.35. The van der Waals surface area contributed by atoms with Crippen LogP contribution in [0.15, 0.2) is 30.5 Å². The van der Waals surface area contributed by atoms with Crippen LogP contribution >= 0.6 is 12.2 Å². The van der Waals surface area contributed by atoms with Gasteiger partial charge in [0.2, 0.25) is 0 Å². The number of nitrogens with one attached hydrogen (secondary N) is 1. The number of hydrogen-bond donors (Lipinski definition) is 2. The Hall–Kier alpha value is -1.59. The van der Waals surface area contributed by atoms with Gasteiger partial charge in [-0.25, -0.2) is 0 Å². The van der Waals surface area contributed by atoms with E-state index in [2.05, 4.69) is 59.1 Å². The Morgan fingerprint density at radius 1 is 1.07 bits per heavy atom. The number of para-hydroxylation sites is 1. The number of nitrogens with zero attached hydrogens (tertiary/aromatic N) is 2. The van der Waals surface area contributed by atoms with Crippen LogP contribution in [-0.4, -0.2) is 40.3 Å². The molecule has 164 valence electrons. The molecule has 1 aromatic carbocycles. The summed E-state index contributed by atoms with van der Waals surface area (Å²) in [6, 6.07) is 10.3. The lowest BCUT2D eigenvalue weighted by Crippen LogP contribution is -2.43. The van der Waals surface area contributed by atoms with E-state index < -0.39 is 0 Å². The van der Waals surface area contributed by atoms with Crippen LogP contribution in [0.2, 0.25) is 0 Å². The molecule has 2 heterocycles. The van der Waals surface area contributed by atoms with Gasteiger partial charge >= 0.3 is 0 Å². The monoisotopic (exact) mass is 426 g/mol. The van der Waals surface area contributed by atoms with Crippen LogP contribution in [0.4, 0.5) is 0 Å². The Morgan fingerprint density at radius 2 is 1.77 bits per heavy atom. The largest absolute Gasteiger partial charge is 0.376 e. The van der Waals surface area contributed by atoms with E-state index in [0.29, 0.717) is 11.2 Å². The summed E-state index contributed by atoms with van der Waals surface area (Å²) in [5, 5.41) is 4.85. The van der Waals surface area contributed by atoms with Gasteiger partial charge in [-0.2, -0.15) is 0 Å². The van der Waals surface area contributed by atoms with Crippen molar-refractivity contribution in [2.75, 3.05) is 19.6 Å². The standard InChI is InChI=1S/C25H38N4S/c1-18(2)19-7-9-21(10-8-19)28-15-12-22(13-16-28)29-17-20(11-14-27-25(26)30)23-5-3-4-6-24(23)29/h3-6,17-19,21-22H,7-16H2,1-2H3,(H3,26,27,30). The van der Waals surface area contributed by atoms with Crippen LogP contribution in [0.1, 0.15) is 64.0 Å². The summed E-state index contributed by atoms with van der Waals surface area (Å²) in [6.45, 7) is 8.07. The molecule has 0 radical (unpaired) electrons. The molecule has 4 rings (SSSR count). The van der Waals surface area contributed by atoms with Crippen molar-refractivity contribution >= 4 is 28.2 Å². The Kier molecular flexibility index (Phi) is 6.99. The zero-order valence-electron chi connectivity index (χ0n) is 18.6. The van der Waals surface area contributed by atoms with Crippen molar-refractivity contribution in [1.82, 2.24) is 14.8 Å². The topological polar surface area (TPSA) is 46.2 Å². The number of likely N-dealkylation sites (tertiary alicyclic amines) is 1. The molecule has 0 unspecified atom stereocenters. The lowest BCUT2D eigenvalue weighted by Gasteiger charge is -2.42. The van der Waals surface area contributed by atoms with Crippen molar-refractivity contribution in [2.24, 2.45) is 17.6 Å². The van der Waals surface area contributed by atoms with Gasteiger partial charge in [-0.3, -0.25) is 0 Å². The minimum atomic E-state index is 0.383. The molecule has 1 aliphatic heterocycles. The Balaban J connectivity index is 1.39. The number of rotatable bonds is 6. The molecule has 4 nitrogen and oxygen atoms in total. The van der Waals surface area contributed by atoms with E-state index in [1.807, 2.05) is 0 Å². The fraction of sp³-hybridized carbons (Fsp3) is 0.640. The first-order valence-corrected chi connectivity index (χ1v) is 12.3. The Labute approximate surface area is 187 Å². The lowest BCUT2D eigenvalue weighted by molar-refractivity contribution is 0.0894. The molecule has 1 aromatic heterocycles. The molecule has 1 aliphatic carbocycles. The van der Waals surface area contributed by atoms with E-state index in [9.17, 15) is 0 Å². The van der Waals surface area contributed by atoms with Crippen molar-refractivity contribution < 1.29 is 0 Å². The third-order valence-electron chi connectivity index (χ3n) is 7.61. The maximum atomic E-state index is 5.60. The third kappa shape index (κ3) is 4.83. The van der Waals surface area contributed by atoms with E-state index in [1.165, 1.54) is 68.1 Å². The van der Waals surface area contributed by atoms with E-state index in [-0.39, 0.29) is 0 Å². The molecule has 3 N–H and O–H groups in total. The summed E-state index contributed by atoms with van der Waals surface area (Å²) in [5.41, 5.74) is 8.36. The first-order chi connectivity index (χ1) is 14.5. The molecule has 5 heteroatoms. The highest BCUT2D eigenvalue weighted by Gasteiger charge is 2.30. The van der Waals surface area contributed by atoms with Crippen LogP contribution in [0.5, 0.6) is 0 Å². The molecule has 2 aromatic rings. The van der Waals surface area contributed by atoms with Gasteiger partial charge in [0, 0.05) is 48.8 Å². The summed E-state index contributed by atoms with van der Waals surface area (Å²) in [7, 11) is 0. The van der Waals surface area contributed by atoms with E-state index in [4.69, 9.17) is 18.0 Å². The SMILES string of the molecule is CC(C)C1CCC(N2CCC(n3cc(CCNC(N)=S)c4ccccc43)CC2)CC1. The maximum Gasteiger partial charge on any atom is 0.163 e. The van der Waals surface area contributed by atoms with Gasteiger partial charge in [0.1, 0.15) is 0 Å². The molecular formula is C25H38N4S. The number of piperidine rings is 1. The lowest BCUT2D eigenvalue weighted by atomic mass is 9.79. The third-order valence-corrected chi connectivity index (χ3v) is 7.75. The fourth-order valence-electron chi connectivity index (χ4n) is 5.76. The highest BCUT2D eigenvalue weighted by atomic mass is 32.1. The summed E-state index contributed by atoms with van der Waals surface area (Å²) in [6.07, 6.45) is 11.5. The molecule has 0 atom stereocenters. The summed E-state index contributed by atoms with van der Waals surface area (Å²) in [4.78, 5) is 2.80. The number of nitrogens with two attached hydrogens (primary N) is 1. The van der Waals surface area contributed by atoms with Crippen molar-refractivity contribution in [1.29, 1.82) is 0 Å². The first kappa shape index (κ1) is 21.6. The van der Waals surface area contributed by atoms with E-state index in [0.717, 1.165) is 30.8 Å². The van der Waals surface area contributed by atoms with Gasteiger partial charge < -0.3 is 20.5 Å². The van der Waals surface area contributed by atoms with Gasteiger partial charge in [0.15, 0.2) is 5.11 Å². The van der Waals surface area contributed by atoms with Crippen molar-refractivity contribution in [3.8, 4) is 0 Å². The molecule has 30 heavy (non-hydrogen) atoms. The molecule has 1 saturated heterocycles. The number of benzene rings is 1. The Bertz CT molecular complexity index is 842. The average molecular weight is 427 g/mol.